The lowest BCUT2D eigenvalue weighted by atomic mass is 10.2. The van der Waals surface area contributed by atoms with E-state index < -0.39 is 11.8 Å². The number of hydrogen-bond acceptors (Lipinski definition) is 5. The van der Waals surface area contributed by atoms with E-state index in [2.05, 4.69) is 0 Å². The van der Waals surface area contributed by atoms with Gasteiger partial charge in [0.2, 0.25) is 0 Å². The molecule has 0 atom stereocenters. The monoisotopic (exact) mass is 256 g/mol. The van der Waals surface area contributed by atoms with Crippen molar-refractivity contribution in [1.82, 2.24) is 0 Å². The summed E-state index contributed by atoms with van der Waals surface area (Å²) in [5.74, 6) is -1.30. The zero-order valence-electron chi connectivity index (χ0n) is 9.82. The lowest BCUT2D eigenvalue weighted by molar-refractivity contribution is 0.0999. The van der Waals surface area contributed by atoms with Gasteiger partial charge in [-0.15, -0.1) is 11.3 Å². The summed E-state index contributed by atoms with van der Waals surface area (Å²) in [5.41, 5.74) is 16.4. The Hall–Kier alpha value is -1.76. The fourth-order valence-corrected chi connectivity index (χ4v) is 2.62. The van der Waals surface area contributed by atoms with Gasteiger partial charge in [0.05, 0.1) is 11.3 Å². The van der Waals surface area contributed by atoms with E-state index in [4.69, 9.17) is 17.2 Å². The molecular weight excluding hydrogens is 240 g/mol. The summed E-state index contributed by atoms with van der Waals surface area (Å²) in [6.07, 6.45) is 0.901. The van der Waals surface area contributed by atoms with Crippen molar-refractivity contribution < 1.29 is 9.59 Å². The van der Waals surface area contributed by atoms with Crippen LogP contribution in [-0.2, 0) is 0 Å². The fraction of sp³-hybridized carbons (Fsp3) is 0.400. The number of carbonyl (C=O) groups excluding carboxylic acids is 2. The quantitative estimate of drug-likeness (QED) is 0.706. The lowest BCUT2D eigenvalue weighted by Crippen LogP contribution is -2.22. The van der Waals surface area contributed by atoms with Gasteiger partial charge >= 0.3 is 0 Å². The van der Waals surface area contributed by atoms with E-state index in [1.807, 2.05) is 18.9 Å². The standard InChI is InChI=1S/C10H16N4O2S/c1-3-4-14(2)10-5(8(12)15)6(11)7(17-10)9(13)16/h3-4,11H2,1-2H3,(H2,12,15)(H2,13,16). The molecule has 0 fully saturated rings. The molecule has 0 radical (unpaired) electrons. The number of thiophene rings is 1. The largest absolute Gasteiger partial charge is 0.397 e. The predicted molar refractivity (Wildman–Crippen MR) is 69.3 cm³/mol. The lowest BCUT2D eigenvalue weighted by Gasteiger charge is -2.17. The fourth-order valence-electron chi connectivity index (χ4n) is 1.56. The number of amides is 2. The van der Waals surface area contributed by atoms with Gasteiger partial charge in [0, 0.05) is 13.6 Å². The van der Waals surface area contributed by atoms with Crippen molar-refractivity contribution in [3.63, 3.8) is 0 Å². The van der Waals surface area contributed by atoms with Crippen LogP contribution in [0.5, 0.6) is 0 Å². The third kappa shape index (κ3) is 2.50. The van der Waals surface area contributed by atoms with Crippen molar-refractivity contribution in [3.05, 3.63) is 10.4 Å². The molecule has 0 aliphatic rings. The first-order valence-corrected chi connectivity index (χ1v) is 5.94. The first-order valence-electron chi connectivity index (χ1n) is 5.13. The van der Waals surface area contributed by atoms with Gasteiger partial charge in [-0.25, -0.2) is 0 Å². The van der Waals surface area contributed by atoms with Gasteiger partial charge in [-0.05, 0) is 6.42 Å². The topological polar surface area (TPSA) is 115 Å². The van der Waals surface area contributed by atoms with Crippen LogP contribution in [0.25, 0.3) is 0 Å². The average molecular weight is 256 g/mol. The van der Waals surface area contributed by atoms with E-state index in [9.17, 15) is 9.59 Å². The number of nitrogens with two attached hydrogens (primary N) is 3. The van der Waals surface area contributed by atoms with E-state index in [0.717, 1.165) is 24.3 Å². The van der Waals surface area contributed by atoms with Crippen molar-refractivity contribution in [2.45, 2.75) is 13.3 Å². The molecule has 0 aromatic carbocycles. The maximum Gasteiger partial charge on any atom is 0.260 e. The van der Waals surface area contributed by atoms with E-state index in [1.54, 1.807) is 0 Å². The highest BCUT2D eigenvalue weighted by molar-refractivity contribution is 7.19. The number of nitrogen functional groups attached to an aromatic ring is 1. The van der Waals surface area contributed by atoms with E-state index in [1.165, 1.54) is 0 Å². The highest BCUT2D eigenvalue weighted by Gasteiger charge is 2.24. The van der Waals surface area contributed by atoms with E-state index in [0.29, 0.717) is 5.00 Å². The molecule has 0 aliphatic carbocycles. The Morgan fingerprint density at radius 2 is 1.88 bits per heavy atom. The molecule has 6 N–H and O–H groups in total. The van der Waals surface area contributed by atoms with Crippen LogP contribution in [-0.4, -0.2) is 25.4 Å². The molecule has 94 valence electrons. The Morgan fingerprint density at radius 3 is 2.29 bits per heavy atom. The van der Waals surface area contributed by atoms with Gasteiger partial charge in [0.25, 0.3) is 11.8 Å². The summed E-state index contributed by atoms with van der Waals surface area (Å²) in [6.45, 7) is 2.74. The van der Waals surface area contributed by atoms with Crippen LogP contribution < -0.4 is 22.1 Å². The van der Waals surface area contributed by atoms with Crippen molar-refractivity contribution in [3.8, 4) is 0 Å². The van der Waals surface area contributed by atoms with Crippen molar-refractivity contribution >= 4 is 33.8 Å². The minimum absolute atomic E-state index is 0.0768. The number of nitrogens with zero attached hydrogens (tertiary/aromatic N) is 1. The van der Waals surface area contributed by atoms with Crippen LogP contribution in [0.15, 0.2) is 0 Å². The summed E-state index contributed by atoms with van der Waals surface area (Å²) in [7, 11) is 1.81. The Balaban J connectivity index is 3.33. The molecule has 0 bridgehead atoms. The van der Waals surface area contributed by atoms with Gasteiger partial charge in [0.1, 0.15) is 9.88 Å². The number of carbonyl (C=O) groups is 2. The summed E-state index contributed by atoms with van der Waals surface area (Å²) < 4.78 is 0. The SMILES string of the molecule is CCCN(C)c1sc(C(N)=O)c(N)c1C(N)=O. The molecule has 17 heavy (non-hydrogen) atoms. The van der Waals surface area contributed by atoms with Crippen LogP contribution in [0.4, 0.5) is 10.7 Å². The van der Waals surface area contributed by atoms with Gasteiger partial charge in [-0.2, -0.15) is 0 Å². The maximum atomic E-state index is 11.4. The number of rotatable bonds is 5. The molecule has 0 saturated carbocycles. The maximum absolute atomic E-state index is 11.4. The van der Waals surface area contributed by atoms with Crippen LogP contribution >= 0.6 is 11.3 Å². The van der Waals surface area contributed by atoms with Crippen molar-refractivity contribution in [1.29, 1.82) is 0 Å². The van der Waals surface area contributed by atoms with Gasteiger partial charge in [0.15, 0.2) is 0 Å². The highest BCUT2D eigenvalue weighted by Crippen LogP contribution is 2.37. The Bertz CT molecular complexity index is 455. The average Bonchev–Trinajstić information content (AvgIpc) is 2.56. The second-order valence-electron chi connectivity index (χ2n) is 3.68. The molecule has 2 amide bonds. The van der Waals surface area contributed by atoms with E-state index >= 15 is 0 Å². The predicted octanol–water partition coefficient (Wildman–Crippen LogP) is 0.374. The minimum atomic E-state index is -0.649. The Kier molecular flexibility index (Phi) is 3.95. The molecule has 1 aromatic heterocycles. The molecule has 0 aliphatic heterocycles. The van der Waals surface area contributed by atoms with Gasteiger partial charge in [-0.1, -0.05) is 6.92 Å². The molecule has 1 aromatic rings. The molecular formula is C10H16N4O2S. The summed E-state index contributed by atoms with van der Waals surface area (Å²) in [6, 6.07) is 0. The highest BCUT2D eigenvalue weighted by atomic mass is 32.1. The molecule has 0 unspecified atom stereocenters. The van der Waals surface area contributed by atoms with E-state index in [-0.39, 0.29) is 16.1 Å². The minimum Gasteiger partial charge on any atom is -0.397 e. The molecule has 7 heteroatoms. The second kappa shape index (κ2) is 5.05. The van der Waals surface area contributed by atoms with Crippen LogP contribution in [0.2, 0.25) is 0 Å². The Labute approximate surface area is 103 Å². The van der Waals surface area contributed by atoms with Crippen LogP contribution in [0.1, 0.15) is 33.4 Å². The number of primary amides is 2. The van der Waals surface area contributed by atoms with Crippen molar-refractivity contribution in [2.75, 3.05) is 24.2 Å². The first-order chi connectivity index (χ1) is 7.90. The van der Waals surface area contributed by atoms with Gasteiger partial charge in [-0.3, -0.25) is 9.59 Å². The third-order valence-corrected chi connectivity index (χ3v) is 3.64. The summed E-state index contributed by atoms with van der Waals surface area (Å²) in [4.78, 5) is 24.5. The van der Waals surface area contributed by atoms with Gasteiger partial charge < -0.3 is 22.1 Å². The molecule has 0 spiro atoms. The molecule has 1 heterocycles. The molecule has 0 saturated heterocycles. The van der Waals surface area contributed by atoms with Crippen LogP contribution in [0.3, 0.4) is 0 Å². The van der Waals surface area contributed by atoms with Crippen molar-refractivity contribution in [2.24, 2.45) is 11.5 Å². The Morgan fingerprint density at radius 1 is 1.29 bits per heavy atom. The zero-order chi connectivity index (χ0) is 13.2. The normalized spacial score (nSPS) is 10.2. The summed E-state index contributed by atoms with van der Waals surface area (Å²) >= 11 is 1.10. The van der Waals surface area contributed by atoms with Crippen LogP contribution in [0, 0.1) is 0 Å². The zero-order valence-corrected chi connectivity index (χ0v) is 10.6. The number of hydrogen-bond donors (Lipinski definition) is 3. The smallest absolute Gasteiger partial charge is 0.260 e. The molecule has 1 rings (SSSR count). The summed E-state index contributed by atoms with van der Waals surface area (Å²) in [5, 5.41) is 0.589. The first kappa shape index (κ1) is 13.3. The molecule has 6 nitrogen and oxygen atoms in total. The number of anilines is 2. The third-order valence-electron chi connectivity index (χ3n) is 2.30. The second-order valence-corrected chi connectivity index (χ2v) is 4.67.